The highest BCUT2D eigenvalue weighted by atomic mass is 16.6. The largest absolute Gasteiger partial charge is 0.378 e. The van der Waals surface area contributed by atoms with Crippen molar-refractivity contribution >= 4 is 17.4 Å². The molecular formula is C8H10N4O3. The number of anilines is 1. The smallest absolute Gasteiger partial charge is 0.311 e. The summed E-state index contributed by atoms with van der Waals surface area (Å²) < 4.78 is 0. The molecule has 0 atom stereocenters. The van der Waals surface area contributed by atoms with Gasteiger partial charge in [0.1, 0.15) is 0 Å². The minimum atomic E-state index is -0.672. The van der Waals surface area contributed by atoms with Gasteiger partial charge in [-0.2, -0.15) is 0 Å². The van der Waals surface area contributed by atoms with Crippen LogP contribution in [0.3, 0.4) is 0 Å². The van der Waals surface area contributed by atoms with Gasteiger partial charge >= 0.3 is 5.69 Å². The zero-order valence-electron chi connectivity index (χ0n) is 8.30. The van der Waals surface area contributed by atoms with Crippen molar-refractivity contribution in [1.82, 2.24) is 9.88 Å². The van der Waals surface area contributed by atoms with E-state index in [0.717, 1.165) is 6.07 Å². The van der Waals surface area contributed by atoms with Gasteiger partial charge in [0.05, 0.1) is 10.5 Å². The summed E-state index contributed by atoms with van der Waals surface area (Å²) in [6.45, 7) is 0. The summed E-state index contributed by atoms with van der Waals surface area (Å²) in [5, 5.41) is 10.5. The zero-order chi connectivity index (χ0) is 11.6. The lowest BCUT2D eigenvalue weighted by Crippen LogP contribution is -2.22. The summed E-state index contributed by atoms with van der Waals surface area (Å²) in [6.07, 6.45) is 1.21. The SMILES string of the molecule is CN(C)C(=O)c1cnc(N)c([N+](=O)[O-])c1. The number of nitrogen functional groups attached to an aromatic ring is 1. The maximum absolute atomic E-state index is 11.5. The fourth-order valence-corrected chi connectivity index (χ4v) is 0.985. The van der Waals surface area contributed by atoms with Crippen molar-refractivity contribution in [2.75, 3.05) is 19.8 Å². The number of aromatic nitrogens is 1. The quantitative estimate of drug-likeness (QED) is 0.557. The fourth-order valence-electron chi connectivity index (χ4n) is 0.985. The van der Waals surface area contributed by atoms with Gasteiger partial charge in [-0.15, -0.1) is 0 Å². The fraction of sp³-hybridized carbons (Fsp3) is 0.250. The van der Waals surface area contributed by atoms with Crippen molar-refractivity contribution < 1.29 is 9.72 Å². The number of nitrogens with two attached hydrogens (primary N) is 1. The highest BCUT2D eigenvalue weighted by Gasteiger charge is 2.17. The Balaban J connectivity index is 3.19. The lowest BCUT2D eigenvalue weighted by atomic mass is 10.2. The first kappa shape index (κ1) is 10.9. The van der Waals surface area contributed by atoms with Gasteiger partial charge < -0.3 is 10.6 Å². The zero-order valence-corrected chi connectivity index (χ0v) is 8.30. The van der Waals surface area contributed by atoms with Crippen molar-refractivity contribution in [3.05, 3.63) is 27.9 Å². The summed E-state index contributed by atoms with van der Waals surface area (Å²) in [5.74, 6) is -0.555. The molecule has 15 heavy (non-hydrogen) atoms. The van der Waals surface area contributed by atoms with Crippen LogP contribution in [-0.2, 0) is 0 Å². The first-order valence-corrected chi connectivity index (χ1v) is 4.05. The third-order valence-corrected chi connectivity index (χ3v) is 1.75. The van der Waals surface area contributed by atoms with E-state index in [-0.39, 0.29) is 23.0 Å². The number of hydrogen-bond acceptors (Lipinski definition) is 5. The summed E-state index contributed by atoms with van der Waals surface area (Å²) in [5.41, 5.74) is 5.07. The summed E-state index contributed by atoms with van der Waals surface area (Å²) in [6, 6.07) is 1.12. The predicted octanol–water partition coefficient (Wildman–Crippen LogP) is 0.274. The van der Waals surface area contributed by atoms with Crippen LogP contribution in [0.15, 0.2) is 12.3 Å². The lowest BCUT2D eigenvalue weighted by Gasteiger charge is -2.09. The summed E-state index contributed by atoms with van der Waals surface area (Å²) in [4.78, 5) is 26.2. The van der Waals surface area contributed by atoms with Crippen LogP contribution in [0.4, 0.5) is 11.5 Å². The molecular weight excluding hydrogens is 200 g/mol. The summed E-state index contributed by atoms with van der Waals surface area (Å²) in [7, 11) is 3.09. The van der Waals surface area contributed by atoms with Crippen molar-refractivity contribution in [2.24, 2.45) is 0 Å². The molecule has 7 heteroatoms. The van der Waals surface area contributed by atoms with Gasteiger partial charge in [-0.1, -0.05) is 0 Å². The molecule has 1 heterocycles. The predicted molar refractivity (Wildman–Crippen MR) is 53.3 cm³/mol. The van der Waals surface area contributed by atoms with Crippen LogP contribution in [0.5, 0.6) is 0 Å². The highest BCUT2D eigenvalue weighted by molar-refractivity contribution is 5.94. The Morgan fingerprint density at radius 1 is 1.60 bits per heavy atom. The minimum Gasteiger partial charge on any atom is -0.378 e. The number of nitrogens with zero attached hydrogens (tertiary/aromatic N) is 3. The minimum absolute atomic E-state index is 0.140. The number of pyridine rings is 1. The molecule has 0 saturated carbocycles. The number of nitro groups is 1. The van der Waals surface area contributed by atoms with Gasteiger partial charge in [0.25, 0.3) is 5.91 Å². The maximum Gasteiger partial charge on any atom is 0.311 e. The molecule has 80 valence electrons. The first-order chi connectivity index (χ1) is 6.93. The Morgan fingerprint density at radius 2 is 2.20 bits per heavy atom. The molecule has 0 aromatic carbocycles. The van der Waals surface area contributed by atoms with E-state index in [4.69, 9.17) is 5.73 Å². The third kappa shape index (κ3) is 2.19. The van der Waals surface area contributed by atoms with Crippen molar-refractivity contribution in [1.29, 1.82) is 0 Å². The second-order valence-corrected chi connectivity index (χ2v) is 3.09. The Labute approximate surface area is 85.7 Å². The van der Waals surface area contributed by atoms with E-state index in [1.54, 1.807) is 14.1 Å². The van der Waals surface area contributed by atoms with Gasteiger partial charge in [-0.25, -0.2) is 4.98 Å². The van der Waals surface area contributed by atoms with Crippen LogP contribution in [0.25, 0.3) is 0 Å². The van der Waals surface area contributed by atoms with Gasteiger partial charge in [0.2, 0.25) is 5.82 Å². The van der Waals surface area contributed by atoms with E-state index in [9.17, 15) is 14.9 Å². The Hall–Kier alpha value is -2.18. The second-order valence-electron chi connectivity index (χ2n) is 3.09. The van der Waals surface area contributed by atoms with Crippen LogP contribution >= 0.6 is 0 Å². The summed E-state index contributed by atoms with van der Waals surface area (Å²) >= 11 is 0. The van der Waals surface area contributed by atoms with Gasteiger partial charge in [0, 0.05) is 26.4 Å². The average molecular weight is 210 g/mol. The molecule has 0 aliphatic heterocycles. The van der Waals surface area contributed by atoms with Gasteiger partial charge in [-0.05, 0) is 0 Å². The Morgan fingerprint density at radius 3 is 2.67 bits per heavy atom. The van der Waals surface area contributed by atoms with E-state index >= 15 is 0 Å². The second kappa shape index (κ2) is 3.91. The molecule has 0 aliphatic rings. The number of carbonyl (C=O) groups excluding carboxylic acids is 1. The molecule has 0 bridgehead atoms. The number of hydrogen-bond donors (Lipinski definition) is 1. The van der Waals surface area contributed by atoms with Crippen molar-refractivity contribution in [2.45, 2.75) is 0 Å². The highest BCUT2D eigenvalue weighted by Crippen LogP contribution is 2.19. The monoisotopic (exact) mass is 210 g/mol. The van der Waals surface area contributed by atoms with Gasteiger partial charge in [0.15, 0.2) is 0 Å². The van der Waals surface area contributed by atoms with Crippen LogP contribution < -0.4 is 5.73 Å². The molecule has 0 aliphatic carbocycles. The normalized spacial score (nSPS) is 9.73. The van der Waals surface area contributed by atoms with Crippen molar-refractivity contribution in [3.63, 3.8) is 0 Å². The molecule has 1 rings (SSSR count). The topological polar surface area (TPSA) is 102 Å². The van der Waals surface area contributed by atoms with E-state index in [2.05, 4.69) is 4.98 Å². The first-order valence-electron chi connectivity index (χ1n) is 4.05. The standard InChI is InChI=1S/C8H10N4O3/c1-11(2)8(13)5-3-6(12(14)15)7(9)10-4-5/h3-4H,1-2H3,(H2,9,10). The molecule has 0 radical (unpaired) electrons. The van der Waals surface area contributed by atoms with E-state index in [1.807, 2.05) is 0 Å². The van der Waals surface area contributed by atoms with E-state index in [1.165, 1.54) is 11.1 Å². The average Bonchev–Trinajstić information content (AvgIpc) is 2.16. The van der Waals surface area contributed by atoms with E-state index in [0.29, 0.717) is 0 Å². The van der Waals surface area contributed by atoms with E-state index < -0.39 is 4.92 Å². The Bertz CT molecular complexity index is 416. The molecule has 0 spiro atoms. The Kier molecular flexibility index (Phi) is 2.84. The van der Waals surface area contributed by atoms with Crippen LogP contribution in [-0.4, -0.2) is 34.8 Å². The van der Waals surface area contributed by atoms with Gasteiger partial charge in [-0.3, -0.25) is 14.9 Å². The number of rotatable bonds is 2. The maximum atomic E-state index is 11.5. The van der Waals surface area contributed by atoms with Crippen LogP contribution in [0, 0.1) is 10.1 Å². The van der Waals surface area contributed by atoms with Crippen LogP contribution in [0.2, 0.25) is 0 Å². The molecule has 2 N–H and O–H groups in total. The lowest BCUT2D eigenvalue weighted by molar-refractivity contribution is -0.384. The van der Waals surface area contributed by atoms with Crippen LogP contribution in [0.1, 0.15) is 10.4 Å². The number of amides is 1. The third-order valence-electron chi connectivity index (χ3n) is 1.75. The number of carbonyl (C=O) groups is 1. The molecule has 0 fully saturated rings. The molecule has 1 amide bonds. The molecule has 0 unspecified atom stereocenters. The molecule has 1 aromatic heterocycles. The van der Waals surface area contributed by atoms with Crippen molar-refractivity contribution in [3.8, 4) is 0 Å². The molecule has 1 aromatic rings. The molecule has 0 saturated heterocycles. The molecule has 7 nitrogen and oxygen atoms in total.